The van der Waals surface area contributed by atoms with Gasteiger partial charge in [0, 0.05) is 30.3 Å². The molecule has 0 radical (unpaired) electrons. The first-order chi connectivity index (χ1) is 11.0. The van der Waals surface area contributed by atoms with E-state index >= 15 is 0 Å². The van der Waals surface area contributed by atoms with E-state index < -0.39 is 0 Å². The minimum absolute atomic E-state index is 0.215. The second-order valence-electron chi connectivity index (χ2n) is 6.25. The summed E-state index contributed by atoms with van der Waals surface area (Å²) in [6.45, 7) is 8.79. The van der Waals surface area contributed by atoms with Crippen LogP contribution in [0.1, 0.15) is 55.6 Å². The molecule has 0 saturated heterocycles. The van der Waals surface area contributed by atoms with Crippen LogP contribution in [-0.4, -0.2) is 34.1 Å². The van der Waals surface area contributed by atoms with Crippen molar-refractivity contribution in [2.45, 2.75) is 53.4 Å². The molecular weight excluding hydrogens is 288 g/mol. The number of H-pyrrole nitrogens is 1. The van der Waals surface area contributed by atoms with Crippen molar-refractivity contribution in [3.05, 3.63) is 39.4 Å². The van der Waals surface area contributed by atoms with Gasteiger partial charge in [-0.25, -0.2) is 0 Å². The summed E-state index contributed by atoms with van der Waals surface area (Å²) in [6, 6.07) is 0. The average Bonchev–Trinajstić information content (AvgIpc) is 2.93. The van der Waals surface area contributed by atoms with E-state index in [1.54, 1.807) is 0 Å². The van der Waals surface area contributed by atoms with E-state index in [1.807, 2.05) is 6.92 Å². The lowest BCUT2D eigenvalue weighted by Gasteiger charge is -2.03. The Bertz CT molecular complexity index is 663. The zero-order chi connectivity index (χ0) is 17.0. The topological polar surface area (TPSA) is 68.6 Å². The van der Waals surface area contributed by atoms with Crippen molar-refractivity contribution >= 4 is 11.8 Å². The van der Waals surface area contributed by atoms with Crippen molar-refractivity contribution in [2.24, 2.45) is 4.99 Å². The fourth-order valence-electron chi connectivity index (χ4n) is 3.25. The predicted molar refractivity (Wildman–Crippen MR) is 95.8 cm³/mol. The molecule has 1 aromatic rings. The molecule has 0 amide bonds. The van der Waals surface area contributed by atoms with Crippen molar-refractivity contribution in [1.82, 2.24) is 4.98 Å². The van der Waals surface area contributed by atoms with E-state index in [-0.39, 0.29) is 13.2 Å². The second-order valence-corrected chi connectivity index (χ2v) is 6.25. The van der Waals surface area contributed by atoms with Crippen LogP contribution in [0.3, 0.4) is 0 Å². The highest BCUT2D eigenvalue weighted by molar-refractivity contribution is 6.03. The van der Waals surface area contributed by atoms with Gasteiger partial charge in [0.2, 0.25) is 0 Å². The highest BCUT2D eigenvalue weighted by atomic mass is 16.3. The van der Waals surface area contributed by atoms with E-state index in [1.165, 1.54) is 28.0 Å². The molecule has 3 N–H and O–H groups in total. The molecule has 0 atom stereocenters. The number of allylic oxidation sites excluding steroid dienone is 2. The van der Waals surface area contributed by atoms with Gasteiger partial charge >= 0.3 is 0 Å². The Kier molecular flexibility index (Phi) is 5.97. The van der Waals surface area contributed by atoms with Crippen LogP contribution >= 0.6 is 0 Å². The molecule has 4 nitrogen and oxygen atoms in total. The Labute approximate surface area is 138 Å². The van der Waals surface area contributed by atoms with Crippen molar-refractivity contribution in [3.8, 4) is 0 Å². The molecule has 1 aliphatic rings. The fraction of sp³-hybridized carbons (Fsp3) is 0.526. The van der Waals surface area contributed by atoms with Gasteiger partial charge in [0.25, 0.3) is 0 Å². The first kappa shape index (κ1) is 17.7. The van der Waals surface area contributed by atoms with Gasteiger partial charge in [-0.15, -0.1) is 0 Å². The van der Waals surface area contributed by atoms with Crippen LogP contribution in [-0.2, 0) is 6.42 Å². The third-order valence-electron chi connectivity index (χ3n) is 4.64. The summed E-state index contributed by atoms with van der Waals surface area (Å²) in [5, 5.41) is 18.1. The van der Waals surface area contributed by atoms with E-state index in [9.17, 15) is 0 Å². The number of hydrogen-bond donors (Lipinski definition) is 3. The van der Waals surface area contributed by atoms with Crippen LogP contribution in [0.5, 0.6) is 0 Å². The molecule has 4 heteroatoms. The maximum atomic E-state index is 9.05. The van der Waals surface area contributed by atoms with Gasteiger partial charge in [-0.05, 0) is 81.7 Å². The van der Waals surface area contributed by atoms with Gasteiger partial charge in [-0.1, -0.05) is 0 Å². The number of rotatable bonds is 7. The molecule has 2 rings (SSSR count). The van der Waals surface area contributed by atoms with E-state index in [4.69, 9.17) is 15.2 Å². The van der Waals surface area contributed by atoms with Crippen LogP contribution in [0.25, 0.3) is 6.08 Å². The molecule has 0 aliphatic carbocycles. The van der Waals surface area contributed by atoms with E-state index in [0.29, 0.717) is 0 Å². The summed E-state index contributed by atoms with van der Waals surface area (Å²) < 4.78 is 0. The Hall–Kier alpha value is -1.65. The predicted octanol–water partition coefficient (Wildman–Crippen LogP) is 3.46. The molecule has 2 heterocycles. The van der Waals surface area contributed by atoms with Gasteiger partial charge in [0.05, 0.1) is 5.70 Å². The highest BCUT2D eigenvalue weighted by Crippen LogP contribution is 2.31. The largest absolute Gasteiger partial charge is 0.396 e. The van der Waals surface area contributed by atoms with Crippen molar-refractivity contribution < 1.29 is 10.2 Å². The number of aromatic nitrogens is 1. The van der Waals surface area contributed by atoms with Crippen molar-refractivity contribution in [2.75, 3.05) is 13.2 Å². The smallest absolute Gasteiger partial charge is 0.0686 e. The number of aromatic amines is 1. The van der Waals surface area contributed by atoms with E-state index in [2.05, 4.69) is 31.8 Å². The molecule has 126 valence electrons. The number of aliphatic hydroxyl groups is 2. The molecule has 0 spiro atoms. The number of hydrogen-bond acceptors (Lipinski definition) is 3. The average molecular weight is 316 g/mol. The quantitative estimate of drug-likeness (QED) is 0.721. The number of nitrogens with one attached hydrogen (secondary N) is 1. The molecule has 0 bridgehead atoms. The Morgan fingerprint density at radius 1 is 1.00 bits per heavy atom. The molecule has 1 aromatic heterocycles. The summed E-state index contributed by atoms with van der Waals surface area (Å²) in [5.41, 5.74) is 9.34. The standard InChI is InChI=1S/C19H28N2O2/c1-12-16(7-5-9-22)14(3)20-18(12)11-19-13(2)17(8-6-10-23)15(4)21-19/h11,20,22-23H,5-10H2,1-4H3/b19-11-. The molecule has 0 saturated carbocycles. The van der Waals surface area contributed by atoms with Crippen molar-refractivity contribution in [1.29, 1.82) is 0 Å². The van der Waals surface area contributed by atoms with Crippen LogP contribution in [0.2, 0.25) is 0 Å². The number of aryl methyl sites for hydroxylation is 1. The first-order valence-corrected chi connectivity index (χ1v) is 8.36. The molecule has 0 fully saturated rings. The molecule has 23 heavy (non-hydrogen) atoms. The van der Waals surface area contributed by atoms with Gasteiger partial charge in [-0.2, -0.15) is 0 Å². The third-order valence-corrected chi connectivity index (χ3v) is 4.64. The Morgan fingerprint density at radius 3 is 2.30 bits per heavy atom. The lowest BCUT2D eigenvalue weighted by molar-refractivity contribution is 0.288. The maximum Gasteiger partial charge on any atom is 0.0686 e. The summed E-state index contributed by atoms with van der Waals surface area (Å²) in [4.78, 5) is 8.16. The van der Waals surface area contributed by atoms with Gasteiger partial charge in [0.1, 0.15) is 0 Å². The summed E-state index contributed by atoms with van der Waals surface area (Å²) in [5.74, 6) is 0. The highest BCUT2D eigenvalue weighted by Gasteiger charge is 2.18. The zero-order valence-electron chi connectivity index (χ0n) is 14.7. The van der Waals surface area contributed by atoms with Crippen LogP contribution in [0.4, 0.5) is 0 Å². The minimum Gasteiger partial charge on any atom is -0.396 e. The third kappa shape index (κ3) is 3.82. The number of aliphatic imine (C=N–C) groups is 1. The van der Waals surface area contributed by atoms with Crippen molar-refractivity contribution in [3.63, 3.8) is 0 Å². The van der Waals surface area contributed by atoms with E-state index in [0.717, 1.165) is 42.8 Å². The summed E-state index contributed by atoms with van der Waals surface area (Å²) in [7, 11) is 0. The SMILES string of the molecule is CC1=N/C(=C\c2[nH]c(C)c(CCCO)c2C)C(C)=C1CCCO. The molecule has 0 aromatic carbocycles. The first-order valence-electron chi connectivity index (χ1n) is 8.36. The maximum absolute atomic E-state index is 9.05. The lowest BCUT2D eigenvalue weighted by Crippen LogP contribution is -1.96. The van der Waals surface area contributed by atoms with Crippen LogP contribution in [0.15, 0.2) is 21.8 Å². The zero-order valence-corrected chi connectivity index (χ0v) is 14.7. The van der Waals surface area contributed by atoms with Gasteiger partial charge < -0.3 is 15.2 Å². The Morgan fingerprint density at radius 2 is 1.65 bits per heavy atom. The second kappa shape index (κ2) is 7.75. The summed E-state index contributed by atoms with van der Waals surface area (Å²) in [6.07, 6.45) is 5.46. The normalized spacial score (nSPS) is 16.6. The Balaban J connectivity index is 2.31. The van der Waals surface area contributed by atoms with Gasteiger partial charge in [-0.3, -0.25) is 4.99 Å². The summed E-state index contributed by atoms with van der Waals surface area (Å²) >= 11 is 0. The van der Waals surface area contributed by atoms with Crippen LogP contribution < -0.4 is 0 Å². The van der Waals surface area contributed by atoms with Crippen LogP contribution in [0, 0.1) is 13.8 Å². The van der Waals surface area contributed by atoms with Gasteiger partial charge in [0.15, 0.2) is 0 Å². The molecule has 0 unspecified atom stereocenters. The number of aliphatic hydroxyl groups excluding tert-OH is 2. The monoisotopic (exact) mass is 316 g/mol. The fourth-order valence-corrected chi connectivity index (χ4v) is 3.25. The lowest BCUT2D eigenvalue weighted by atomic mass is 10.0. The molecular formula is C19H28N2O2. The number of nitrogens with zero attached hydrogens (tertiary/aromatic N) is 1. The minimum atomic E-state index is 0.215. The molecule has 1 aliphatic heterocycles.